The summed E-state index contributed by atoms with van der Waals surface area (Å²) in [5, 5.41) is 6.89. The number of fused-ring (bicyclic) bond motifs is 2. The van der Waals surface area contributed by atoms with Crippen LogP contribution in [-0.4, -0.2) is 42.8 Å². The lowest BCUT2D eigenvalue weighted by Gasteiger charge is -2.24. The lowest BCUT2D eigenvalue weighted by atomic mass is 10.1. The smallest absolute Gasteiger partial charge is 0.262 e. The van der Waals surface area contributed by atoms with Crippen LogP contribution in [0.1, 0.15) is 33.6 Å². The fourth-order valence-electron chi connectivity index (χ4n) is 3.39. The van der Waals surface area contributed by atoms with Gasteiger partial charge in [0.2, 0.25) is 5.95 Å². The van der Waals surface area contributed by atoms with Crippen LogP contribution in [0.2, 0.25) is 0 Å². The maximum atomic E-state index is 12.9. The summed E-state index contributed by atoms with van der Waals surface area (Å²) in [5.41, 5.74) is 0.0417. The van der Waals surface area contributed by atoms with E-state index in [-0.39, 0.29) is 5.95 Å². The normalized spacial score (nSPS) is 17.3. The van der Waals surface area contributed by atoms with Crippen molar-refractivity contribution in [2.75, 3.05) is 5.32 Å². The van der Waals surface area contributed by atoms with Crippen LogP contribution in [0, 0.1) is 0 Å². The van der Waals surface area contributed by atoms with E-state index in [4.69, 9.17) is 0 Å². The summed E-state index contributed by atoms with van der Waals surface area (Å²) in [6, 6.07) is 12.0. The molecule has 3 aromatic rings. The van der Waals surface area contributed by atoms with E-state index in [1.165, 1.54) is 4.52 Å². The van der Waals surface area contributed by atoms with Crippen molar-refractivity contribution in [1.29, 1.82) is 0 Å². The van der Waals surface area contributed by atoms with E-state index in [1.807, 2.05) is 0 Å². The Labute approximate surface area is 161 Å². The summed E-state index contributed by atoms with van der Waals surface area (Å²) in [5.74, 6) is -1.21. The number of carbonyl (C=O) groups is 3. The molecule has 27 heavy (non-hydrogen) atoms. The van der Waals surface area contributed by atoms with Gasteiger partial charge in [0.25, 0.3) is 17.7 Å². The predicted octanol–water partition coefficient (Wildman–Crippen LogP) is 2.26. The zero-order valence-electron chi connectivity index (χ0n) is 13.8. The number of hydrogen-bond donors (Lipinski definition) is 1. The monoisotopic (exact) mass is 425 g/mol. The number of rotatable bonds is 3. The third-order valence-corrected chi connectivity index (χ3v) is 5.51. The van der Waals surface area contributed by atoms with Crippen molar-refractivity contribution in [3.8, 4) is 0 Å². The molecule has 0 spiro atoms. The maximum absolute atomic E-state index is 12.9. The Bertz CT molecular complexity index is 1120. The zero-order chi connectivity index (χ0) is 18.8. The number of pyridine rings is 1. The Kier molecular flexibility index (Phi) is 3.26. The van der Waals surface area contributed by atoms with Crippen LogP contribution in [-0.2, 0) is 4.79 Å². The Balaban J connectivity index is 1.46. The average molecular weight is 426 g/mol. The van der Waals surface area contributed by atoms with Gasteiger partial charge < -0.3 is 0 Å². The van der Waals surface area contributed by atoms with E-state index in [2.05, 4.69) is 31.3 Å². The number of carbonyl (C=O) groups excluding carboxylic acids is 3. The van der Waals surface area contributed by atoms with Crippen molar-refractivity contribution in [3.63, 3.8) is 0 Å². The number of anilines is 1. The lowest BCUT2D eigenvalue weighted by molar-refractivity contribution is -0.121. The number of aromatic nitrogens is 3. The van der Waals surface area contributed by atoms with Crippen molar-refractivity contribution in [2.24, 2.45) is 0 Å². The second kappa shape index (κ2) is 5.46. The molecule has 0 unspecified atom stereocenters. The SMILES string of the molecule is O=C1c2ccccc2C(=O)N1C1(C(=O)Nc2nc3cccc(Br)n3n2)CC1. The van der Waals surface area contributed by atoms with Crippen LogP contribution in [0.5, 0.6) is 0 Å². The van der Waals surface area contributed by atoms with Gasteiger partial charge in [0.15, 0.2) is 5.65 Å². The molecule has 3 heterocycles. The van der Waals surface area contributed by atoms with Gasteiger partial charge in [0, 0.05) is 0 Å². The number of benzene rings is 1. The number of amides is 3. The highest BCUT2D eigenvalue weighted by molar-refractivity contribution is 9.10. The van der Waals surface area contributed by atoms with Gasteiger partial charge in [-0.05, 0) is 53.0 Å². The quantitative estimate of drug-likeness (QED) is 0.512. The minimum atomic E-state index is -1.18. The second-order valence-electron chi connectivity index (χ2n) is 6.53. The van der Waals surface area contributed by atoms with E-state index in [1.54, 1.807) is 42.5 Å². The molecule has 0 atom stereocenters. The Morgan fingerprint density at radius 1 is 1.04 bits per heavy atom. The number of nitrogens with one attached hydrogen (secondary N) is 1. The third kappa shape index (κ3) is 2.24. The molecule has 5 rings (SSSR count). The molecule has 134 valence electrons. The zero-order valence-corrected chi connectivity index (χ0v) is 15.4. The molecule has 3 amide bonds. The molecular weight excluding hydrogens is 414 g/mol. The van der Waals surface area contributed by atoms with E-state index in [9.17, 15) is 14.4 Å². The number of hydrogen-bond acceptors (Lipinski definition) is 5. The van der Waals surface area contributed by atoms with Crippen molar-refractivity contribution in [1.82, 2.24) is 19.5 Å². The first-order chi connectivity index (χ1) is 13.0. The first-order valence-corrected chi connectivity index (χ1v) is 9.11. The standard InChI is InChI=1S/C18H12BrN5O3/c19-12-6-3-7-13-20-17(22-24(12)13)21-16(27)18(8-9-18)23-14(25)10-4-1-2-5-11(10)15(23)26/h1-7H,8-9H2,(H,21,22,27). The van der Waals surface area contributed by atoms with Crippen LogP contribution in [0.15, 0.2) is 47.1 Å². The van der Waals surface area contributed by atoms with Gasteiger partial charge in [-0.2, -0.15) is 4.98 Å². The van der Waals surface area contributed by atoms with Gasteiger partial charge >= 0.3 is 0 Å². The lowest BCUT2D eigenvalue weighted by Crippen LogP contribution is -2.49. The highest BCUT2D eigenvalue weighted by atomic mass is 79.9. The molecule has 9 heteroatoms. The number of nitrogens with zero attached hydrogens (tertiary/aromatic N) is 4. The van der Waals surface area contributed by atoms with Crippen LogP contribution in [0.4, 0.5) is 5.95 Å². The number of imide groups is 1. The highest BCUT2D eigenvalue weighted by Crippen LogP contribution is 2.46. The van der Waals surface area contributed by atoms with Gasteiger partial charge in [-0.25, -0.2) is 4.52 Å². The minimum absolute atomic E-state index is 0.120. The van der Waals surface area contributed by atoms with Crippen LogP contribution in [0.3, 0.4) is 0 Å². The van der Waals surface area contributed by atoms with Crippen molar-refractivity contribution in [2.45, 2.75) is 18.4 Å². The molecule has 0 radical (unpaired) electrons. The molecule has 1 saturated carbocycles. The van der Waals surface area contributed by atoms with E-state index in [0.29, 0.717) is 34.2 Å². The Hall–Kier alpha value is -3.07. The molecule has 1 aliphatic heterocycles. The van der Waals surface area contributed by atoms with Gasteiger partial charge in [0.1, 0.15) is 10.1 Å². The van der Waals surface area contributed by atoms with Crippen molar-refractivity contribution in [3.05, 3.63) is 58.2 Å². The van der Waals surface area contributed by atoms with E-state index < -0.39 is 23.3 Å². The van der Waals surface area contributed by atoms with E-state index in [0.717, 1.165) is 4.90 Å². The molecule has 0 bridgehead atoms. The van der Waals surface area contributed by atoms with Crippen molar-refractivity contribution >= 4 is 45.2 Å². The molecule has 8 nitrogen and oxygen atoms in total. The molecular formula is C18H12BrN5O3. The molecule has 2 aliphatic rings. The Morgan fingerprint density at radius 2 is 1.70 bits per heavy atom. The molecule has 1 aliphatic carbocycles. The largest absolute Gasteiger partial charge is 0.291 e. The molecule has 0 saturated heterocycles. The summed E-state index contributed by atoms with van der Waals surface area (Å²) >= 11 is 3.36. The molecule has 1 fully saturated rings. The van der Waals surface area contributed by atoms with Gasteiger partial charge in [-0.3, -0.25) is 24.6 Å². The first kappa shape index (κ1) is 16.1. The molecule has 1 aromatic carbocycles. The number of halogens is 1. The summed E-state index contributed by atoms with van der Waals surface area (Å²) in [4.78, 5) is 43.7. The summed E-state index contributed by atoms with van der Waals surface area (Å²) < 4.78 is 2.23. The van der Waals surface area contributed by atoms with E-state index >= 15 is 0 Å². The highest BCUT2D eigenvalue weighted by Gasteiger charge is 2.61. The summed E-state index contributed by atoms with van der Waals surface area (Å²) in [7, 11) is 0. The molecule has 1 N–H and O–H groups in total. The minimum Gasteiger partial charge on any atom is -0.291 e. The maximum Gasteiger partial charge on any atom is 0.262 e. The summed E-state index contributed by atoms with van der Waals surface area (Å²) in [6.07, 6.45) is 0.836. The average Bonchev–Trinajstić information content (AvgIpc) is 3.28. The first-order valence-electron chi connectivity index (χ1n) is 8.32. The fourth-order valence-corrected chi connectivity index (χ4v) is 3.81. The van der Waals surface area contributed by atoms with Crippen LogP contribution >= 0.6 is 15.9 Å². The third-order valence-electron chi connectivity index (χ3n) is 4.91. The van der Waals surface area contributed by atoms with Gasteiger partial charge in [0.05, 0.1) is 11.1 Å². The second-order valence-corrected chi connectivity index (χ2v) is 7.34. The van der Waals surface area contributed by atoms with Crippen molar-refractivity contribution < 1.29 is 14.4 Å². The predicted molar refractivity (Wildman–Crippen MR) is 98.2 cm³/mol. The fraction of sp³-hybridized carbons (Fsp3) is 0.167. The van der Waals surface area contributed by atoms with Gasteiger partial charge in [-0.15, -0.1) is 5.10 Å². The Morgan fingerprint density at radius 3 is 2.30 bits per heavy atom. The van der Waals surface area contributed by atoms with Gasteiger partial charge in [-0.1, -0.05) is 18.2 Å². The van der Waals surface area contributed by atoms with Crippen LogP contribution in [0.25, 0.3) is 5.65 Å². The molecule has 2 aromatic heterocycles. The summed E-state index contributed by atoms with van der Waals surface area (Å²) in [6.45, 7) is 0. The van der Waals surface area contributed by atoms with Crippen LogP contribution < -0.4 is 5.32 Å². The topological polar surface area (TPSA) is 96.7 Å².